The summed E-state index contributed by atoms with van der Waals surface area (Å²) in [6, 6.07) is 15.1. The first kappa shape index (κ1) is 22.6. The summed E-state index contributed by atoms with van der Waals surface area (Å²) in [7, 11) is 1.70. The van der Waals surface area contributed by atoms with Gasteiger partial charge in [0.25, 0.3) is 5.91 Å². The van der Waals surface area contributed by atoms with Crippen molar-refractivity contribution in [2.24, 2.45) is 4.99 Å². The number of benzene rings is 2. The lowest BCUT2D eigenvalue weighted by Gasteiger charge is -2.20. The first-order chi connectivity index (χ1) is 15.0. The zero-order valence-electron chi connectivity index (χ0n) is 18.3. The first-order valence-electron chi connectivity index (χ1n) is 10.3. The van der Waals surface area contributed by atoms with Gasteiger partial charge in [-0.1, -0.05) is 18.2 Å². The predicted octanol–water partition coefficient (Wildman–Crippen LogP) is 4.94. The molecule has 2 aromatic carbocycles. The Hall–Kier alpha value is -3.06. The van der Waals surface area contributed by atoms with Crippen molar-refractivity contribution in [2.45, 2.75) is 20.8 Å². The number of carbonyl (C=O) groups excluding carboxylic acids is 2. The molecule has 1 aliphatic rings. The van der Waals surface area contributed by atoms with Gasteiger partial charge in [0.15, 0.2) is 5.17 Å². The monoisotopic (exact) mass is 437 g/mol. The first-order valence-corrected chi connectivity index (χ1v) is 11.2. The molecule has 1 saturated heterocycles. The number of hydrogen-bond donors (Lipinski definition) is 0. The molecule has 162 valence electrons. The highest BCUT2D eigenvalue weighted by Crippen LogP contribution is 2.33. The van der Waals surface area contributed by atoms with Crippen molar-refractivity contribution in [3.05, 3.63) is 64.6 Å². The zero-order chi connectivity index (χ0) is 22.4. The van der Waals surface area contributed by atoms with E-state index in [0.717, 1.165) is 18.7 Å². The van der Waals surface area contributed by atoms with Crippen LogP contribution in [0.2, 0.25) is 0 Å². The zero-order valence-corrected chi connectivity index (χ0v) is 19.1. The molecule has 2 aromatic rings. The highest BCUT2D eigenvalue weighted by atomic mass is 32.2. The molecule has 6 nitrogen and oxygen atoms in total. The summed E-state index contributed by atoms with van der Waals surface area (Å²) in [6.07, 6.45) is 1.88. The lowest BCUT2D eigenvalue weighted by Crippen LogP contribution is -2.23. The third-order valence-corrected chi connectivity index (χ3v) is 5.97. The molecule has 31 heavy (non-hydrogen) atoms. The summed E-state index contributed by atoms with van der Waals surface area (Å²) in [6.45, 7) is 8.25. The smallest absolute Gasteiger partial charge is 0.338 e. The molecule has 0 saturated carbocycles. The minimum atomic E-state index is -0.387. The Morgan fingerprint density at radius 2 is 1.84 bits per heavy atom. The van der Waals surface area contributed by atoms with Gasteiger partial charge in [-0.2, -0.15) is 0 Å². The third-order valence-electron chi connectivity index (χ3n) is 4.91. The van der Waals surface area contributed by atoms with Crippen molar-refractivity contribution in [2.75, 3.05) is 31.6 Å². The van der Waals surface area contributed by atoms with Crippen molar-refractivity contribution in [1.29, 1.82) is 0 Å². The predicted molar refractivity (Wildman–Crippen MR) is 128 cm³/mol. The second-order valence-electron chi connectivity index (χ2n) is 6.90. The van der Waals surface area contributed by atoms with Crippen LogP contribution < -0.4 is 4.90 Å². The van der Waals surface area contributed by atoms with Gasteiger partial charge in [-0.05, 0) is 74.5 Å². The van der Waals surface area contributed by atoms with Gasteiger partial charge in [0.2, 0.25) is 0 Å². The van der Waals surface area contributed by atoms with Crippen molar-refractivity contribution in [3.63, 3.8) is 0 Å². The number of aliphatic imine (C=N–C) groups is 1. The summed E-state index contributed by atoms with van der Waals surface area (Å²) in [5.74, 6) is -0.486. The molecule has 7 heteroatoms. The molecule has 1 amide bonds. The molecule has 0 aromatic heterocycles. The maximum atomic E-state index is 12.7. The molecule has 3 rings (SSSR count). The van der Waals surface area contributed by atoms with Crippen molar-refractivity contribution >= 4 is 46.3 Å². The van der Waals surface area contributed by atoms with E-state index >= 15 is 0 Å². The Labute approximate surface area is 187 Å². The van der Waals surface area contributed by atoms with E-state index < -0.39 is 0 Å². The van der Waals surface area contributed by atoms with E-state index in [9.17, 15) is 9.59 Å². The summed E-state index contributed by atoms with van der Waals surface area (Å²) in [4.78, 5) is 33.7. The topological polar surface area (TPSA) is 62.2 Å². The number of hydrogen-bond acceptors (Lipinski definition) is 6. The molecule has 1 aliphatic heterocycles. The van der Waals surface area contributed by atoms with E-state index in [-0.39, 0.29) is 11.9 Å². The summed E-state index contributed by atoms with van der Waals surface area (Å²) >= 11 is 1.32. The number of esters is 1. The Morgan fingerprint density at radius 3 is 2.48 bits per heavy atom. The van der Waals surface area contributed by atoms with Crippen LogP contribution in [0.5, 0.6) is 0 Å². The summed E-state index contributed by atoms with van der Waals surface area (Å²) < 4.78 is 5.04. The van der Waals surface area contributed by atoms with Crippen molar-refractivity contribution < 1.29 is 14.3 Å². The molecule has 0 aliphatic carbocycles. The fourth-order valence-electron chi connectivity index (χ4n) is 3.20. The van der Waals surface area contributed by atoms with Gasteiger partial charge in [0.1, 0.15) is 0 Å². The van der Waals surface area contributed by atoms with Crippen LogP contribution in [0.3, 0.4) is 0 Å². The molecule has 0 unspecified atom stereocenters. The molecule has 1 fully saturated rings. The van der Waals surface area contributed by atoms with Crippen LogP contribution in [0.1, 0.15) is 36.7 Å². The minimum Gasteiger partial charge on any atom is -0.462 e. The number of carbonyl (C=O) groups is 2. The molecule has 0 spiro atoms. The van der Waals surface area contributed by atoms with Gasteiger partial charge in [-0.25, -0.2) is 9.79 Å². The fraction of sp³-hybridized carbons (Fsp3) is 0.292. The Morgan fingerprint density at radius 1 is 1.13 bits per heavy atom. The molecule has 1 heterocycles. The van der Waals surface area contributed by atoms with Gasteiger partial charge in [0, 0.05) is 25.8 Å². The number of likely N-dealkylation sites (N-methyl/N-ethyl adjacent to an activating group) is 1. The van der Waals surface area contributed by atoms with Gasteiger partial charge in [0.05, 0.1) is 22.8 Å². The number of anilines is 1. The van der Waals surface area contributed by atoms with Crippen LogP contribution >= 0.6 is 11.8 Å². The van der Waals surface area contributed by atoms with E-state index in [0.29, 0.717) is 27.9 Å². The maximum absolute atomic E-state index is 12.7. The van der Waals surface area contributed by atoms with Crippen LogP contribution in [-0.4, -0.2) is 48.7 Å². The highest BCUT2D eigenvalue weighted by Gasteiger charge is 2.30. The largest absolute Gasteiger partial charge is 0.462 e. The van der Waals surface area contributed by atoms with Crippen LogP contribution in [0.25, 0.3) is 6.08 Å². The standard InChI is InChI=1S/C24H27N3O3S/c1-5-27(6-2)20-13-11-17(12-14-20)15-21-22(28)26(4)24(31-21)25-19-10-8-9-18(16-19)23(29)30-7-3/h8-16H,5-7H2,1-4H3. The normalized spacial score (nSPS) is 16.3. The molecule has 0 bridgehead atoms. The Kier molecular flexibility index (Phi) is 7.52. The number of thioether (sulfide) groups is 1. The van der Waals surface area contributed by atoms with Crippen molar-refractivity contribution in [1.82, 2.24) is 4.90 Å². The maximum Gasteiger partial charge on any atom is 0.338 e. The lowest BCUT2D eigenvalue weighted by molar-refractivity contribution is -0.121. The fourth-order valence-corrected chi connectivity index (χ4v) is 4.19. The van der Waals surface area contributed by atoms with Gasteiger partial charge < -0.3 is 9.64 Å². The molecule has 0 atom stereocenters. The van der Waals surface area contributed by atoms with Gasteiger partial charge in [-0.15, -0.1) is 0 Å². The van der Waals surface area contributed by atoms with Crippen LogP contribution in [0.4, 0.5) is 11.4 Å². The SMILES string of the molecule is CCOC(=O)c1cccc(N=C2SC(=Cc3ccc(N(CC)CC)cc3)C(=O)N2C)c1. The lowest BCUT2D eigenvalue weighted by atomic mass is 10.1. The Bertz CT molecular complexity index is 1010. The summed E-state index contributed by atoms with van der Waals surface area (Å²) in [5.41, 5.74) is 3.16. The Balaban J connectivity index is 1.80. The molecular formula is C24H27N3O3S. The average Bonchev–Trinajstić information content (AvgIpc) is 3.04. The highest BCUT2D eigenvalue weighted by molar-refractivity contribution is 8.18. The van der Waals surface area contributed by atoms with Crippen molar-refractivity contribution in [3.8, 4) is 0 Å². The number of rotatable bonds is 7. The van der Waals surface area contributed by atoms with E-state index in [4.69, 9.17) is 4.74 Å². The minimum absolute atomic E-state index is 0.0990. The molecular weight excluding hydrogens is 410 g/mol. The van der Waals surface area contributed by atoms with Crippen LogP contribution in [0, 0.1) is 0 Å². The quantitative estimate of drug-likeness (QED) is 0.453. The van der Waals surface area contributed by atoms with E-state index in [1.165, 1.54) is 22.3 Å². The van der Waals surface area contributed by atoms with Gasteiger partial charge >= 0.3 is 5.97 Å². The van der Waals surface area contributed by atoms with E-state index in [2.05, 4.69) is 35.9 Å². The number of nitrogens with zero attached hydrogens (tertiary/aromatic N) is 3. The number of ether oxygens (including phenoxy) is 1. The van der Waals surface area contributed by atoms with Crippen LogP contribution in [0.15, 0.2) is 58.4 Å². The number of amides is 1. The molecule has 0 radical (unpaired) electrons. The van der Waals surface area contributed by atoms with E-state index in [1.807, 2.05) is 18.2 Å². The third kappa shape index (κ3) is 5.35. The second kappa shape index (κ2) is 10.3. The van der Waals surface area contributed by atoms with Crippen LogP contribution in [-0.2, 0) is 9.53 Å². The summed E-state index contributed by atoms with van der Waals surface area (Å²) in [5, 5.41) is 0.567. The number of amidine groups is 1. The van der Waals surface area contributed by atoms with Gasteiger partial charge in [-0.3, -0.25) is 9.69 Å². The average molecular weight is 438 g/mol. The van der Waals surface area contributed by atoms with E-state index in [1.54, 1.807) is 38.2 Å². The second-order valence-corrected chi connectivity index (χ2v) is 7.91. The molecule has 0 N–H and O–H groups in total.